The number of nitrogens with zero attached hydrogens (tertiary/aromatic N) is 1. The summed E-state index contributed by atoms with van der Waals surface area (Å²) in [5, 5.41) is 0. The Balaban J connectivity index is 1.86. The van der Waals surface area contributed by atoms with Gasteiger partial charge in [-0.3, -0.25) is 4.98 Å². The Labute approximate surface area is 122 Å². The number of pyridine rings is 1. The molecular weight excluding hydrogens is 249 g/mol. The average Bonchev–Trinajstić information content (AvgIpc) is 3.10. The van der Waals surface area contributed by atoms with Crippen LogP contribution in [0.1, 0.15) is 51.8 Å². The predicted octanol–water partition coefficient (Wildman–Crippen LogP) is 2.64. The van der Waals surface area contributed by atoms with Gasteiger partial charge in [0.1, 0.15) is 0 Å². The largest absolute Gasteiger partial charge is 0.495 e. The molecule has 1 saturated carbocycles. The van der Waals surface area contributed by atoms with Crippen molar-refractivity contribution in [3.63, 3.8) is 0 Å². The molecule has 0 amide bonds. The second-order valence-electron chi connectivity index (χ2n) is 7.27. The number of rotatable bonds is 3. The topological polar surface area (TPSA) is 31.4 Å². The van der Waals surface area contributed by atoms with Gasteiger partial charge in [-0.15, -0.1) is 0 Å². The lowest BCUT2D eigenvalue weighted by molar-refractivity contribution is 0.00578. The van der Waals surface area contributed by atoms with Gasteiger partial charge in [0.25, 0.3) is 0 Å². The van der Waals surface area contributed by atoms with Crippen molar-refractivity contribution in [2.24, 2.45) is 5.92 Å². The van der Waals surface area contributed by atoms with E-state index in [9.17, 15) is 0 Å². The molecule has 1 aromatic rings. The second-order valence-corrected chi connectivity index (χ2v) is 7.27. The van der Waals surface area contributed by atoms with E-state index in [0.717, 1.165) is 23.4 Å². The lowest BCUT2D eigenvalue weighted by Crippen LogP contribution is -2.41. The fourth-order valence-corrected chi connectivity index (χ4v) is 2.54. The Morgan fingerprint density at radius 1 is 1.20 bits per heavy atom. The van der Waals surface area contributed by atoms with Crippen molar-refractivity contribution in [2.75, 3.05) is 0 Å². The van der Waals surface area contributed by atoms with Crippen LogP contribution in [0.25, 0.3) is 0 Å². The van der Waals surface area contributed by atoms with Crippen LogP contribution in [0.15, 0.2) is 12.3 Å². The van der Waals surface area contributed by atoms with Crippen LogP contribution >= 0.6 is 0 Å². The van der Waals surface area contributed by atoms with Crippen LogP contribution in [0, 0.1) is 12.8 Å². The molecular formula is C16H24BNO2. The molecule has 0 atom stereocenters. The first-order valence-electron chi connectivity index (χ1n) is 7.59. The number of aromatic nitrogens is 1. The van der Waals surface area contributed by atoms with Crippen molar-refractivity contribution in [1.29, 1.82) is 0 Å². The predicted molar refractivity (Wildman–Crippen MR) is 81.1 cm³/mol. The average molecular weight is 273 g/mol. The fourth-order valence-electron chi connectivity index (χ4n) is 2.54. The van der Waals surface area contributed by atoms with Crippen molar-refractivity contribution < 1.29 is 9.31 Å². The highest BCUT2D eigenvalue weighted by Gasteiger charge is 2.52. The molecule has 2 fully saturated rings. The van der Waals surface area contributed by atoms with Gasteiger partial charge in [-0.05, 0) is 76.9 Å². The van der Waals surface area contributed by atoms with Crippen molar-refractivity contribution >= 4 is 12.6 Å². The van der Waals surface area contributed by atoms with Gasteiger partial charge in [0, 0.05) is 11.9 Å². The third-order valence-electron chi connectivity index (χ3n) is 4.90. The molecule has 1 aliphatic heterocycles. The summed E-state index contributed by atoms with van der Waals surface area (Å²) < 4.78 is 12.3. The summed E-state index contributed by atoms with van der Waals surface area (Å²) in [6, 6.07) is 2.18. The number of hydrogen-bond donors (Lipinski definition) is 0. The summed E-state index contributed by atoms with van der Waals surface area (Å²) in [5.41, 5.74) is 2.87. The van der Waals surface area contributed by atoms with E-state index in [2.05, 4.69) is 45.7 Å². The van der Waals surface area contributed by atoms with Crippen molar-refractivity contribution in [2.45, 2.75) is 65.1 Å². The molecule has 2 aliphatic rings. The maximum atomic E-state index is 6.16. The maximum absolute atomic E-state index is 6.16. The molecule has 3 rings (SSSR count). The number of aryl methyl sites for hydroxylation is 1. The minimum Gasteiger partial charge on any atom is -0.399 e. The van der Waals surface area contributed by atoms with Gasteiger partial charge in [0.2, 0.25) is 0 Å². The summed E-state index contributed by atoms with van der Waals surface area (Å²) in [6.45, 7) is 10.4. The SMILES string of the molecule is Cc1cnc(CC2CC2)cc1B1OC(C)(C)C(C)(C)O1. The van der Waals surface area contributed by atoms with Gasteiger partial charge in [0.15, 0.2) is 0 Å². The Morgan fingerprint density at radius 2 is 1.80 bits per heavy atom. The normalized spacial score (nSPS) is 24.1. The summed E-state index contributed by atoms with van der Waals surface area (Å²) in [4.78, 5) is 4.55. The molecule has 1 saturated heterocycles. The van der Waals surface area contributed by atoms with Gasteiger partial charge in [-0.2, -0.15) is 0 Å². The van der Waals surface area contributed by atoms with Crippen molar-refractivity contribution in [3.8, 4) is 0 Å². The zero-order valence-corrected chi connectivity index (χ0v) is 13.2. The molecule has 2 heterocycles. The van der Waals surface area contributed by atoms with E-state index in [1.54, 1.807) is 0 Å². The lowest BCUT2D eigenvalue weighted by atomic mass is 9.76. The van der Waals surface area contributed by atoms with Gasteiger partial charge in [-0.25, -0.2) is 0 Å². The van der Waals surface area contributed by atoms with Gasteiger partial charge in [0.05, 0.1) is 11.2 Å². The van der Waals surface area contributed by atoms with E-state index in [-0.39, 0.29) is 18.3 Å². The fraction of sp³-hybridized carbons (Fsp3) is 0.688. The molecule has 108 valence electrons. The Bertz CT molecular complexity index is 507. The van der Waals surface area contributed by atoms with Gasteiger partial charge >= 0.3 is 7.12 Å². The van der Waals surface area contributed by atoms with Gasteiger partial charge in [-0.1, -0.05) is 0 Å². The highest BCUT2D eigenvalue weighted by Crippen LogP contribution is 2.37. The minimum absolute atomic E-state index is 0.277. The Kier molecular flexibility index (Phi) is 3.22. The summed E-state index contributed by atoms with van der Waals surface area (Å²) in [6.07, 6.45) is 5.74. The lowest BCUT2D eigenvalue weighted by Gasteiger charge is -2.32. The highest BCUT2D eigenvalue weighted by molar-refractivity contribution is 6.62. The van der Waals surface area contributed by atoms with Crippen LogP contribution in [0.4, 0.5) is 0 Å². The third-order valence-corrected chi connectivity index (χ3v) is 4.90. The molecule has 20 heavy (non-hydrogen) atoms. The van der Waals surface area contributed by atoms with E-state index in [1.807, 2.05) is 6.20 Å². The second kappa shape index (κ2) is 4.57. The van der Waals surface area contributed by atoms with Crippen LogP contribution < -0.4 is 5.46 Å². The molecule has 0 N–H and O–H groups in total. The molecule has 0 spiro atoms. The molecule has 0 unspecified atom stereocenters. The first-order chi connectivity index (χ1) is 9.28. The quantitative estimate of drug-likeness (QED) is 0.793. The summed E-state index contributed by atoms with van der Waals surface area (Å²) in [5.74, 6) is 0.844. The molecule has 0 aromatic carbocycles. The van der Waals surface area contributed by atoms with Crippen molar-refractivity contribution in [1.82, 2.24) is 4.98 Å². The highest BCUT2D eigenvalue weighted by atomic mass is 16.7. The zero-order valence-electron chi connectivity index (χ0n) is 13.2. The molecule has 1 aromatic heterocycles. The molecule has 0 radical (unpaired) electrons. The molecule has 0 bridgehead atoms. The standard InChI is InChI=1S/C16H24BNO2/c1-11-10-18-13(8-12-6-7-12)9-14(11)17-19-15(2,3)16(4,5)20-17/h9-10,12H,6-8H2,1-5H3. The van der Waals surface area contributed by atoms with E-state index in [1.165, 1.54) is 18.5 Å². The summed E-state index contributed by atoms with van der Waals surface area (Å²) in [7, 11) is -0.277. The Hall–Kier alpha value is -0.865. The maximum Gasteiger partial charge on any atom is 0.495 e. The monoisotopic (exact) mass is 273 g/mol. The first kappa shape index (κ1) is 14.1. The van der Waals surface area contributed by atoms with Crippen LogP contribution in [0.5, 0.6) is 0 Å². The number of hydrogen-bond acceptors (Lipinski definition) is 3. The van der Waals surface area contributed by atoms with E-state index < -0.39 is 0 Å². The zero-order chi connectivity index (χ0) is 14.5. The van der Waals surface area contributed by atoms with Crippen LogP contribution in [0.3, 0.4) is 0 Å². The van der Waals surface area contributed by atoms with E-state index in [4.69, 9.17) is 9.31 Å². The molecule has 3 nitrogen and oxygen atoms in total. The first-order valence-corrected chi connectivity index (χ1v) is 7.59. The van der Waals surface area contributed by atoms with Crippen molar-refractivity contribution in [3.05, 3.63) is 23.5 Å². The Morgan fingerprint density at radius 3 is 2.35 bits per heavy atom. The molecule has 4 heteroatoms. The van der Waals surface area contributed by atoms with E-state index >= 15 is 0 Å². The van der Waals surface area contributed by atoms with Crippen LogP contribution in [0.2, 0.25) is 0 Å². The van der Waals surface area contributed by atoms with Crippen LogP contribution in [-0.4, -0.2) is 23.3 Å². The minimum atomic E-state index is -0.288. The smallest absolute Gasteiger partial charge is 0.399 e. The van der Waals surface area contributed by atoms with E-state index in [0.29, 0.717) is 0 Å². The summed E-state index contributed by atoms with van der Waals surface area (Å²) >= 11 is 0. The van der Waals surface area contributed by atoms with Crippen LogP contribution in [-0.2, 0) is 15.7 Å². The molecule has 1 aliphatic carbocycles. The third kappa shape index (κ3) is 2.51. The van der Waals surface area contributed by atoms with Gasteiger partial charge < -0.3 is 9.31 Å².